The van der Waals surface area contributed by atoms with Crippen LogP contribution in [0.3, 0.4) is 0 Å². The number of fused-ring (bicyclic) bond motifs is 3. The summed E-state index contributed by atoms with van der Waals surface area (Å²) in [5.74, 6) is 0.161. The van der Waals surface area contributed by atoms with Crippen molar-refractivity contribution in [2.45, 2.75) is 0 Å². The van der Waals surface area contributed by atoms with Gasteiger partial charge >= 0.3 is 6.09 Å². The minimum Gasteiger partial charge on any atom is -0.465 e. The van der Waals surface area contributed by atoms with E-state index in [1.165, 1.54) is 13.4 Å². The summed E-state index contributed by atoms with van der Waals surface area (Å²) in [6.07, 6.45) is 0.327. The van der Waals surface area contributed by atoms with Crippen LogP contribution in [-0.2, 0) is 4.74 Å². The van der Waals surface area contributed by atoms with E-state index in [2.05, 4.69) is 20.6 Å². The van der Waals surface area contributed by atoms with Gasteiger partial charge in [0.25, 0.3) is 5.91 Å². The van der Waals surface area contributed by atoms with Crippen LogP contribution < -0.4 is 15.5 Å². The maximum atomic E-state index is 13.1. The number of carbonyl (C=O) groups excluding carboxylic acids is 1. The van der Waals surface area contributed by atoms with Gasteiger partial charge in [-0.15, -0.1) is 0 Å². The van der Waals surface area contributed by atoms with Crippen molar-refractivity contribution in [3.05, 3.63) is 109 Å². The van der Waals surface area contributed by atoms with Gasteiger partial charge in [0.2, 0.25) is 0 Å². The van der Waals surface area contributed by atoms with Crippen molar-refractivity contribution in [1.82, 2.24) is 9.97 Å². The van der Waals surface area contributed by atoms with Crippen molar-refractivity contribution < 1.29 is 23.8 Å². The number of hydrogen-bond acceptors (Lipinski definition) is 7. The van der Waals surface area contributed by atoms with E-state index in [1.54, 1.807) is 36.4 Å². The highest BCUT2D eigenvalue weighted by molar-refractivity contribution is 6.10. The number of para-hydroxylation sites is 3. The Morgan fingerprint density at radius 3 is 2.44 bits per heavy atom. The Hall–Kier alpha value is -5.74. The van der Waals surface area contributed by atoms with Gasteiger partial charge in [-0.3, -0.25) is 9.69 Å². The summed E-state index contributed by atoms with van der Waals surface area (Å²) in [5, 5.41) is 17.9. The maximum Gasteiger partial charge on any atom is 0.411 e. The quantitative estimate of drug-likeness (QED) is 0.166. The summed E-state index contributed by atoms with van der Waals surface area (Å²) in [5.41, 5.74) is 4.97. The van der Waals surface area contributed by atoms with Crippen LogP contribution in [0, 0.1) is 0 Å². The van der Waals surface area contributed by atoms with Crippen LogP contribution in [0.1, 0.15) is 10.4 Å². The molecule has 6 aromatic rings. The summed E-state index contributed by atoms with van der Waals surface area (Å²) in [4.78, 5) is 34.9. The van der Waals surface area contributed by atoms with Crippen LogP contribution in [0.4, 0.5) is 27.7 Å². The van der Waals surface area contributed by atoms with Crippen molar-refractivity contribution in [2.24, 2.45) is 0 Å². The zero-order valence-corrected chi connectivity index (χ0v) is 23.2. The molecule has 0 unspecified atom stereocenters. The first kappa shape index (κ1) is 27.4. The first-order valence-corrected chi connectivity index (χ1v) is 13.5. The van der Waals surface area contributed by atoms with E-state index in [1.807, 2.05) is 60.7 Å². The summed E-state index contributed by atoms with van der Waals surface area (Å²) >= 11 is 0. The van der Waals surface area contributed by atoms with Gasteiger partial charge in [-0.2, -0.15) is 0 Å². The third kappa shape index (κ3) is 5.72. The fourth-order valence-corrected chi connectivity index (χ4v) is 4.91. The number of nitrogens with zero attached hydrogens (tertiary/aromatic N) is 3. The van der Waals surface area contributed by atoms with Crippen LogP contribution >= 0.6 is 0 Å². The van der Waals surface area contributed by atoms with Crippen molar-refractivity contribution in [2.75, 3.05) is 35.8 Å². The number of methoxy groups -OCH3 is 1. The largest absolute Gasteiger partial charge is 0.465 e. The molecule has 10 heteroatoms. The van der Waals surface area contributed by atoms with Crippen LogP contribution in [0.15, 0.2) is 108 Å². The number of anilines is 4. The molecule has 2 aromatic heterocycles. The lowest BCUT2D eigenvalue weighted by atomic mass is 10.1. The average molecular weight is 574 g/mol. The zero-order chi connectivity index (χ0) is 29.8. The van der Waals surface area contributed by atoms with Gasteiger partial charge in [-0.25, -0.2) is 14.8 Å². The second-order valence-corrected chi connectivity index (χ2v) is 9.67. The SMILES string of the molecule is COCCN(C(=O)O)c1ccccc1C(=O)Nc1ccc(Nc2cc(-c3cccc4c3oc3ccccc34)ncn2)cc1. The Balaban J connectivity index is 1.18. The number of nitrogens with one attached hydrogen (secondary N) is 2. The predicted octanol–water partition coefficient (Wildman–Crippen LogP) is 7.17. The first-order chi connectivity index (χ1) is 21.0. The minimum absolute atomic E-state index is 0.0919. The van der Waals surface area contributed by atoms with Gasteiger partial charge in [-0.1, -0.05) is 42.5 Å². The molecule has 0 fully saturated rings. The van der Waals surface area contributed by atoms with Gasteiger partial charge in [0.05, 0.1) is 30.1 Å². The molecular weight excluding hydrogens is 546 g/mol. The molecule has 43 heavy (non-hydrogen) atoms. The highest BCUT2D eigenvalue weighted by Crippen LogP contribution is 2.35. The topological polar surface area (TPSA) is 130 Å². The number of carbonyl (C=O) groups is 2. The summed E-state index contributed by atoms with van der Waals surface area (Å²) in [6, 6.07) is 29.4. The molecule has 3 N–H and O–H groups in total. The van der Waals surface area contributed by atoms with Crippen LogP contribution in [0.5, 0.6) is 0 Å². The summed E-state index contributed by atoms with van der Waals surface area (Å²) < 4.78 is 11.2. The van der Waals surface area contributed by atoms with E-state index in [0.717, 1.165) is 38.1 Å². The third-order valence-electron chi connectivity index (χ3n) is 6.95. The molecule has 4 aromatic carbocycles. The number of benzene rings is 4. The van der Waals surface area contributed by atoms with Crippen molar-refractivity contribution in [3.63, 3.8) is 0 Å². The molecule has 2 amide bonds. The van der Waals surface area contributed by atoms with Crippen LogP contribution in [0.2, 0.25) is 0 Å². The Morgan fingerprint density at radius 1 is 0.884 bits per heavy atom. The zero-order valence-electron chi connectivity index (χ0n) is 23.2. The fourth-order valence-electron chi connectivity index (χ4n) is 4.91. The van der Waals surface area contributed by atoms with Gasteiger partial charge in [-0.05, 0) is 48.5 Å². The first-order valence-electron chi connectivity index (χ1n) is 13.5. The van der Waals surface area contributed by atoms with E-state index in [-0.39, 0.29) is 24.4 Å². The van der Waals surface area contributed by atoms with Gasteiger partial charge in [0.1, 0.15) is 23.3 Å². The molecule has 0 saturated heterocycles. The third-order valence-corrected chi connectivity index (χ3v) is 6.95. The normalized spacial score (nSPS) is 11.0. The fraction of sp³-hybridized carbons (Fsp3) is 0.0909. The second kappa shape index (κ2) is 12.0. The molecule has 0 aliphatic rings. The number of hydrogen-bond donors (Lipinski definition) is 3. The smallest absolute Gasteiger partial charge is 0.411 e. The van der Waals surface area contributed by atoms with Crippen molar-refractivity contribution in [3.8, 4) is 11.3 Å². The monoisotopic (exact) mass is 573 g/mol. The molecule has 214 valence electrons. The van der Waals surface area contributed by atoms with Crippen molar-refractivity contribution >= 4 is 56.8 Å². The molecule has 0 spiro atoms. The second-order valence-electron chi connectivity index (χ2n) is 9.67. The van der Waals surface area contributed by atoms with Gasteiger partial charge in [0.15, 0.2) is 0 Å². The molecule has 0 radical (unpaired) electrons. The average Bonchev–Trinajstić information content (AvgIpc) is 3.41. The Labute approximate surface area is 246 Å². The lowest BCUT2D eigenvalue weighted by molar-refractivity contribution is 0.102. The molecular formula is C33H27N5O5. The van der Waals surface area contributed by atoms with E-state index >= 15 is 0 Å². The Kier molecular flexibility index (Phi) is 7.66. The number of aromatic nitrogens is 2. The molecule has 0 saturated carbocycles. The molecule has 6 rings (SSSR count). The van der Waals surface area contributed by atoms with Crippen molar-refractivity contribution in [1.29, 1.82) is 0 Å². The highest BCUT2D eigenvalue weighted by Gasteiger charge is 2.21. The van der Waals surface area contributed by atoms with E-state index in [4.69, 9.17) is 9.15 Å². The molecule has 10 nitrogen and oxygen atoms in total. The Morgan fingerprint density at radius 2 is 1.63 bits per heavy atom. The number of carboxylic acid groups (broad SMARTS) is 1. The number of amides is 2. The van der Waals surface area contributed by atoms with Gasteiger partial charge < -0.3 is 24.9 Å². The lowest BCUT2D eigenvalue weighted by Gasteiger charge is -2.21. The lowest BCUT2D eigenvalue weighted by Crippen LogP contribution is -2.34. The standard InChI is InChI=1S/C33H27N5O5/c1-42-18-17-38(33(40)41)28-11-4-2-8-26(28)32(39)37-22-15-13-21(14-16-22)36-30-19-27(34-20-35-30)25-10-6-9-24-23-7-3-5-12-29(23)43-31(24)25/h2-16,19-20H,17-18H2,1H3,(H,37,39)(H,40,41)(H,34,35,36). The molecule has 0 bridgehead atoms. The van der Waals surface area contributed by atoms with Crippen LogP contribution in [0.25, 0.3) is 33.2 Å². The molecule has 0 aliphatic heterocycles. The number of furan rings is 1. The van der Waals surface area contributed by atoms with Crippen LogP contribution in [-0.4, -0.2) is 47.3 Å². The highest BCUT2D eigenvalue weighted by atomic mass is 16.5. The molecule has 0 aliphatic carbocycles. The predicted molar refractivity (Wildman–Crippen MR) is 166 cm³/mol. The van der Waals surface area contributed by atoms with Gasteiger partial charge in [0, 0.05) is 40.9 Å². The van der Waals surface area contributed by atoms with E-state index in [0.29, 0.717) is 17.2 Å². The Bertz CT molecular complexity index is 1940. The summed E-state index contributed by atoms with van der Waals surface area (Å²) in [7, 11) is 1.49. The molecule has 2 heterocycles. The molecule has 0 atom stereocenters. The number of rotatable bonds is 9. The van der Waals surface area contributed by atoms with E-state index in [9.17, 15) is 14.7 Å². The number of ether oxygens (including phenoxy) is 1. The summed E-state index contributed by atoms with van der Waals surface area (Å²) in [6.45, 7) is 0.287. The van der Waals surface area contributed by atoms with E-state index < -0.39 is 12.0 Å². The maximum absolute atomic E-state index is 13.1. The minimum atomic E-state index is -1.17.